The van der Waals surface area contributed by atoms with Crippen LogP contribution in [0.3, 0.4) is 0 Å². The second-order valence-electron chi connectivity index (χ2n) is 4.16. The van der Waals surface area contributed by atoms with Crippen LogP contribution in [-0.4, -0.2) is 37.3 Å². The maximum absolute atomic E-state index is 11.8. The molecule has 0 aliphatic carbocycles. The lowest BCUT2D eigenvalue weighted by Gasteiger charge is -2.15. The van der Waals surface area contributed by atoms with E-state index in [-0.39, 0.29) is 16.3 Å². The molecule has 1 aromatic rings. The van der Waals surface area contributed by atoms with E-state index in [1.165, 1.54) is 18.7 Å². The van der Waals surface area contributed by atoms with Crippen LogP contribution in [0.1, 0.15) is 19.2 Å². The summed E-state index contributed by atoms with van der Waals surface area (Å²) in [6, 6.07) is 0. The number of imidazole rings is 1. The molecule has 1 fully saturated rings. The van der Waals surface area contributed by atoms with Gasteiger partial charge in [-0.05, 0) is 0 Å². The van der Waals surface area contributed by atoms with E-state index in [0.29, 0.717) is 19.5 Å². The van der Waals surface area contributed by atoms with Crippen molar-refractivity contribution >= 4 is 22.8 Å². The number of carbonyl (C=O) groups excluding carboxylic acids is 2. The Labute approximate surface area is 104 Å². The standard InChI is InChI=1S/C11H15N3O2S/c1-8(15)17-9-5-11(16)14(6-9)7-10-12-3-4-13(10)2/h3-4,9H,5-7H2,1-2H3. The van der Waals surface area contributed by atoms with Crippen molar-refractivity contribution in [3.05, 3.63) is 18.2 Å². The van der Waals surface area contributed by atoms with Gasteiger partial charge in [-0.2, -0.15) is 0 Å². The van der Waals surface area contributed by atoms with Crippen LogP contribution in [0.4, 0.5) is 0 Å². The van der Waals surface area contributed by atoms with Crippen molar-refractivity contribution in [1.82, 2.24) is 14.5 Å². The summed E-state index contributed by atoms with van der Waals surface area (Å²) in [5.74, 6) is 0.971. The molecule has 1 aromatic heterocycles. The number of hydrogen-bond acceptors (Lipinski definition) is 4. The van der Waals surface area contributed by atoms with Gasteiger partial charge < -0.3 is 9.47 Å². The quantitative estimate of drug-likeness (QED) is 0.799. The van der Waals surface area contributed by atoms with Gasteiger partial charge in [0.25, 0.3) is 0 Å². The summed E-state index contributed by atoms with van der Waals surface area (Å²) >= 11 is 1.26. The van der Waals surface area contributed by atoms with Crippen LogP contribution >= 0.6 is 11.8 Å². The lowest BCUT2D eigenvalue weighted by Crippen LogP contribution is -2.26. The van der Waals surface area contributed by atoms with Crippen LogP contribution in [0.5, 0.6) is 0 Å². The predicted molar refractivity (Wildman–Crippen MR) is 65.3 cm³/mol. The summed E-state index contributed by atoms with van der Waals surface area (Å²) in [6.07, 6.45) is 4.03. The number of rotatable bonds is 3. The number of nitrogens with zero attached hydrogens (tertiary/aromatic N) is 3. The Balaban J connectivity index is 1.97. The van der Waals surface area contributed by atoms with Crippen molar-refractivity contribution in [3.8, 4) is 0 Å². The third kappa shape index (κ3) is 2.88. The first-order valence-corrected chi connectivity index (χ1v) is 6.35. The van der Waals surface area contributed by atoms with Crippen molar-refractivity contribution in [2.24, 2.45) is 7.05 Å². The number of thioether (sulfide) groups is 1. The van der Waals surface area contributed by atoms with Crippen molar-refractivity contribution in [1.29, 1.82) is 0 Å². The van der Waals surface area contributed by atoms with Gasteiger partial charge in [0.2, 0.25) is 5.91 Å². The van der Waals surface area contributed by atoms with Crippen molar-refractivity contribution < 1.29 is 9.59 Å². The fourth-order valence-electron chi connectivity index (χ4n) is 1.92. The average Bonchev–Trinajstić information content (AvgIpc) is 2.75. The minimum Gasteiger partial charge on any atom is -0.337 e. The second kappa shape index (κ2) is 4.91. The van der Waals surface area contributed by atoms with Gasteiger partial charge in [-0.1, -0.05) is 11.8 Å². The molecule has 0 spiro atoms. The van der Waals surface area contributed by atoms with E-state index in [1.807, 2.05) is 17.8 Å². The Kier molecular flexibility index (Phi) is 3.51. The minimum atomic E-state index is 0.0710. The smallest absolute Gasteiger partial charge is 0.224 e. The topological polar surface area (TPSA) is 55.2 Å². The van der Waals surface area contributed by atoms with Crippen LogP contribution in [0.25, 0.3) is 0 Å². The van der Waals surface area contributed by atoms with E-state index in [2.05, 4.69) is 4.98 Å². The Morgan fingerprint density at radius 2 is 2.41 bits per heavy atom. The van der Waals surface area contributed by atoms with Gasteiger partial charge in [0.15, 0.2) is 5.12 Å². The maximum Gasteiger partial charge on any atom is 0.224 e. The van der Waals surface area contributed by atoms with Crippen LogP contribution in [0.15, 0.2) is 12.4 Å². The third-order valence-corrected chi connectivity index (χ3v) is 3.75. The molecule has 0 N–H and O–H groups in total. The molecular weight excluding hydrogens is 238 g/mol. The highest BCUT2D eigenvalue weighted by atomic mass is 32.2. The molecule has 6 heteroatoms. The number of aromatic nitrogens is 2. The summed E-state index contributed by atoms with van der Waals surface area (Å²) in [4.78, 5) is 28.7. The molecule has 1 aliphatic heterocycles. The number of carbonyl (C=O) groups is 2. The first-order valence-electron chi connectivity index (χ1n) is 5.47. The zero-order valence-corrected chi connectivity index (χ0v) is 10.7. The Morgan fingerprint density at radius 1 is 1.65 bits per heavy atom. The lowest BCUT2D eigenvalue weighted by molar-refractivity contribution is -0.128. The summed E-state index contributed by atoms with van der Waals surface area (Å²) in [5, 5.41) is 0.168. The first kappa shape index (κ1) is 12.2. The molecule has 17 heavy (non-hydrogen) atoms. The van der Waals surface area contributed by atoms with Crippen LogP contribution in [0.2, 0.25) is 0 Å². The normalized spacial score (nSPS) is 20.0. The van der Waals surface area contributed by atoms with Crippen LogP contribution in [-0.2, 0) is 23.2 Å². The highest BCUT2D eigenvalue weighted by molar-refractivity contribution is 8.14. The van der Waals surface area contributed by atoms with E-state index in [4.69, 9.17) is 0 Å². The van der Waals surface area contributed by atoms with Crippen LogP contribution < -0.4 is 0 Å². The Bertz CT molecular complexity index is 444. The summed E-state index contributed by atoms with van der Waals surface area (Å²) in [7, 11) is 1.91. The molecule has 92 valence electrons. The minimum absolute atomic E-state index is 0.0710. The van der Waals surface area contributed by atoms with Gasteiger partial charge in [-0.15, -0.1) is 0 Å². The fraction of sp³-hybridized carbons (Fsp3) is 0.545. The van der Waals surface area contributed by atoms with Crippen LogP contribution in [0, 0.1) is 0 Å². The molecule has 5 nitrogen and oxygen atoms in total. The zero-order valence-electron chi connectivity index (χ0n) is 9.92. The summed E-state index contributed by atoms with van der Waals surface area (Å²) < 4.78 is 1.90. The molecule has 1 atom stereocenters. The van der Waals surface area contributed by atoms with Crippen molar-refractivity contribution in [2.75, 3.05) is 6.54 Å². The molecule has 1 amide bonds. The fourth-order valence-corrected chi connectivity index (χ4v) is 2.87. The number of hydrogen-bond donors (Lipinski definition) is 0. The largest absolute Gasteiger partial charge is 0.337 e. The van der Waals surface area contributed by atoms with Gasteiger partial charge in [0.05, 0.1) is 6.54 Å². The SMILES string of the molecule is CC(=O)SC1CC(=O)N(Cc2nccn2C)C1. The molecular formula is C11H15N3O2S. The van der Waals surface area contributed by atoms with Crippen molar-refractivity contribution in [2.45, 2.75) is 25.1 Å². The zero-order chi connectivity index (χ0) is 12.4. The lowest BCUT2D eigenvalue weighted by atomic mass is 10.4. The predicted octanol–water partition coefficient (Wildman–Crippen LogP) is 0.801. The van der Waals surface area contributed by atoms with Gasteiger partial charge in [0, 0.05) is 44.6 Å². The molecule has 0 bridgehead atoms. The molecule has 2 heterocycles. The molecule has 1 saturated heterocycles. The molecule has 0 saturated carbocycles. The number of amides is 1. The van der Waals surface area contributed by atoms with Gasteiger partial charge in [-0.3, -0.25) is 9.59 Å². The second-order valence-corrected chi connectivity index (χ2v) is 5.64. The van der Waals surface area contributed by atoms with E-state index >= 15 is 0 Å². The number of aryl methyl sites for hydroxylation is 1. The first-order chi connectivity index (χ1) is 8.06. The molecule has 1 unspecified atom stereocenters. The number of likely N-dealkylation sites (tertiary alicyclic amines) is 1. The molecule has 1 aliphatic rings. The van der Waals surface area contributed by atoms with E-state index in [9.17, 15) is 9.59 Å². The summed E-state index contributed by atoms with van der Waals surface area (Å²) in [6.45, 7) is 2.70. The highest BCUT2D eigenvalue weighted by Crippen LogP contribution is 2.25. The van der Waals surface area contributed by atoms with Gasteiger partial charge in [-0.25, -0.2) is 4.98 Å². The highest BCUT2D eigenvalue weighted by Gasteiger charge is 2.31. The van der Waals surface area contributed by atoms with Crippen molar-refractivity contribution in [3.63, 3.8) is 0 Å². The Morgan fingerprint density at radius 3 is 3.00 bits per heavy atom. The monoisotopic (exact) mass is 253 g/mol. The average molecular weight is 253 g/mol. The van der Waals surface area contributed by atoms with E-state index < -0.39 is 0 Å². The van der Waals surface area contributed by atoms with Gasteiger partial charge >= 0.3 is 0 Å². The molecule has 0 radical (unpaired) electrons. The van der Waals surface area contributed by atoms with Gasteiger partial charge in [0.1, 0.15) is 5.82 Å². The molecule has 2 rings (SSSR count). The molecule has 0 aromatic carbocycles. The Hall–Kier alpha value is -1.30. The summed E-state index contributed by atoms with van der Waals surface area (Å²) in [5.41, 5.74) is 0. The van der Waals surface area contributed by atoms with E-state index in [1.54, 1.807) is 11.1 Å². The maximum atomic E-state index is 11.8. The van der Waals surface area contributed by atoms with E-state index in [0.717, 1.165) is 5.82 Å². The third-order valence-electron chi connectivity index (χ3n) is 2.76.